The van der Waals surface area contributed by atoms with E-state index in [1.165, 1.54) is 11.9 Å². The minimum Gasteiger partial charge on any atom is -0.487 e. The van der Waals surface area contributed by atoms with E-state index in [9.17, 15) is 4.79 Å². The number of benzene rings is 3. The Morgan fingerprint density at radius 2 is 1.88 bits per heavy atom. The van der Waals surface area contributed by atoms with Gasteiger partial charge in [0.1, 0.15) is 24.5 Å². The molecule has 0 radical (unpaired) electrons. The highest BCUT2D eigenvalue weighted by Gasteiger charge is 2.35. The Morgan fingerprint density at radius 1 is 1.05 bits per heavy atom. The van der Waals surface area contributed by atoms with E-state index in [2.05, 4.69) is 39.2 Å². The number of allylic oxidation sites excluding steroid dienone is 1. The van der Waals surface area contributed by atoms with Crippen LogP contribution in [0.25, 0.3) is 10.9 Å². The smallest absolute Gasteiger partial charge is 0.159 e. The van der Waals surface area contributed by atoms with Crippen LogP contribution in [0.3, 0.4) is 0 Å². The number of ketones is 1. The Balaban J connectivity index is 1.08. The average molecular weight is 585 g/mol. The number of rotatable bonds is 10. The van der Waals surface area contributed by atoms with Gasteiger partial charge < -0.3 is 19.5 Å². The van der Waals surface area contributed by atoms with Gasteiger partial charge in [0.2, 0.25) is 0 Å². The number of carbonyl (C=O) groups excluding carboxylic acids is 1. The number of ether oxygens (including phenoxy) is 3. The molecule has 2 saturated heterocycles. The molecule has 3 aromatic carbocycles. The predicted molar refractivity (Wildman–Crippen MR) is 164 cm³/mol. The summed E-state index contributed by atoms with van der Waals surface area (Å²) in [5, 5.41) is 4.67. The van der Waals surface area contributed by atoms with Crippen LogP contribution < -0.4 is 10.1 Å². The highest BCUT2D eigenvalue weighted by Crippen LogP contribution is 2.31. The van der Waals surface area contributed by atoms with E-state index in [1.807, 2.05) is 54.6 Å². The van der Waals surface area contributed by atoms with Crippen molar-refractivity contribution in [3.63, 3.8) is 0 Å². The van der Waals surface area contributed by atoms with Crippen LogP contribution in [-0.4, -0.2) is 65.7 Å². The van der Waals surface area contributed by atoms with Gasteiger partial charge in [-0.3, -0.25) is 9.69 Å². The molecule has 216 valence electrons. The lowest BCUT2D eigenvalue weighted by Gasteiger charge is -2.24. The van der Waals surface area contributed by atoms with E-state index in [0.29, 0.717) is 43.0 Å². The van der Waals surface area contributed by atoms with Crippen molar-refractivity contribution in [2.45, 2.75) is 32.2 Å². The zero-order valence-corrected chi connectivity index (χ0v) is 24.2. The molecular formula is C33H33ClN4O4. The quantitative estimate of drug-likeness (QED) is 0.238. The van der Waals surface area contributed by atoms with Gasteiger partial charge in [-0.1, -0.05) is 53.6 Å². The van der Waals surface area contributed by atoms with Gasteiger partial charge in [-0.15, -0.1) is 0 Å². The van der Waals surface area contributed by atoms with Gasteiger partial charge in [-0.2, -0.15) is 0 Å². The van der Waals surface area contributed by atoms with Gasteiger partial charge in [0.25, 0.3) is 0 Å². The molecule has 6 rings (SSSR count). The maximum Gasteiger partial charge on any atom is 0.159 e. The second kappa shape index (κ2) is 13.0. The lowest BCUT2D eigenvalue weighted by atomic mass is 10.1. The third kappa shape index (κ3) is 6.97. The van der Waals surface area contributed by atoms with E-state index in [-0.39, 0.29) is 24.4 Å². The second-order valence-corrected chi connectivity index (χ2v) is 11.1. The van der Waals surface area contributed by atoms with Crippen molar-refractivity contribution in [2.24, 2.45) is 0 Å². The Kier molecular flexibility index (Phi) is 8.76. The van der Waals surface area contributed by atoms with Crippen LogP contribution in [0.1, 0.15) is 16.7 Å². The maximum atomic E-state index is 12.8. The highest BCUT2D eigenvalue weighted by molar-refractivity contribution is 6.32. The predicted octanol–water partition coefficient (Wildman–Crippen LogP) is 5.68. The van der Waals surface area contributed by atoms with Crippen molar-refractivity contribution < 1.29 is 19.0 Å². The monoisotopic (exact) mass is 584 g/mol. The van der Waals surface area contributed by atoms with Gasteiger partial charge in [0.15, 0.2) is 5.78 Å². The van der Waals surface area contributed by atoms with Crippen LogP contribution in [0.4, 0.5) is 11.5 Å². The SMILES string of the molecule is Cc1cccc(COc2ccc(Nc3ncnc4ccc(CC(=O)/C=C/CN5CC6OCCOC6C5)cc34)cc2Cl)c1. The Bertz CT molecular complexity index is 1600. The zero-order valence-electron chi connectivity index (χ0n) is 23.5. The highest BCUT2D eigenvalue weighted by atomic mass is 35.5. The average Bonchev–Trinajstić information content (AvgIpc) is 3.40. The number of hydrogen-bond acceptors (Lipinski definition) is 8. The third-order valence-corrected chi connectivity index (χ3v) is 7.75. The zero-order chi connectivity index (χ0) is 28.9. The molecule has 0 bridgehead atoms. The molecule has 2 aliphatic rings. The summed E-state index contributed by atoms with van der Waals surface area (Å²) in [4.78, 5) is 23.9. The van der Waals surface area contributed by atoms with Gasteiger partial charge in [-0.25, -0.2) is 9.97 Å². The standard InChI is InChI=1S/C33H33ClN4O4/c1-22-4-2-5-24(14-22)20-42-30-10-8-25(17-28(30)34)37-33-27-16-23(7-9-29(27)35-21-36-33)15-26(39)6-3-11-38-18-31-32(19-38)41-13-12-40-31/h2-10,14,16-17,21,31-32H,11-13,15,18-20H2,1H3,(H,35,36,37)/b6-3+. The van der Waals surface area contributed by atoms with Crippen molar-refractivity contribution in [1.82, 2.24) is 14.9 Å². The molecule has 0 aliphatic carbocycles. The summed E-state index contributed by atoms with van der Waals surface area (Å²) >= 11 is 6.55. The number of hydrogen-bond donors (Lipinski definition) is 1. The number of nitrogens with one attached hydrogen (secondary N) is 1. The van der Waals surface area contributed by atoms with Gasteiger partial charge in [-0.05, 0) is 54.5 Å². The van der Waals surface area contributed by atoms with E-state index in [1.54, 1.807) is 6.08 Å². The molecule has 4 aromatic rings. The molecule has 3 heterocycles. The topological polar surface area (TPSA) is 85.8 Å². The van der Waals surface area contributed by atoms with E-state index in [4.69, 9.17) is 25.8 Å². The van der Waals surface area contributed by atoms with Gasteiger partial charge >= 0.3 is 0 Å². The fourth-order valence-corrected chi connectivity index (χ4v) is 5.62. The molecule has 2 fully saturated rings. The van der Waals surface area contributed by atoms with Crippen LogP contribution in [0.5, 0.6) is 5.75 Å². The van der Waals surface area contributed by atoms with Crippen LogP contribution in [-0.2, 0) is 27.3 Å². The summed E-state index contributed by atoms with van der Waals surface area (Å²) in [7, 11) is 0. The summed E-state index contributed by atoms with van der Waals surface area (Å²) < 4.78 is 17.5. The van der Waals surface area contributed by atoms with Crippen molar-refractivity contribution in [1.29, 1.82) is 0 Å². The van der Waals surface area contributed by atoms with Crippen LogP contribution in [0.2, 0.25) is 5.02 Å². The number of aromatic nitrogens is 2. The van der Waals surface area contributed by atoms with Gasteiger partial charge in [0, 0.05) is 37.1 Å². The van der Waals surface area contributed by atoms with E-state index >= 15 is 0 Å². The molecule has 42 heavy (non-hydrogen) atoms. The molecular weight excluding hydrogens is 552 g/mol. The lowest BCUT2D eigenvalue weighted by molar-refractivity contribution is -0.116. The first-order valence-corrected chi connectivity index (χ1v) is 14.5. The second-order valence-electron chi connectivity index (χ2n) is 10.7. The first-order valence-electron chi connectivity index (χ1n) is 14.1. The summed E-state index contributed by atoms with van der Waals surface area (Å²) in [5.41, 5.74) is 4.71. The van der Waals surface area contributed by atoms with Crippen molar-refractivity contribution in [2.75, 3.05) is 38.2 Å². The number of aryl methyl sites for hydroxylation is 1. The fourth-order valence-electron chi connectivity index (χ4n) is 5.39. The molecule has 2 atom stereocenters. The summed E-state index contributed by atoms with van der Waals surface area (Å²) in [6, 6.07) is 19.5. The molecule has 2 aliphatic heterocycles. The first kappa shape index (κ1) is 28.3. The summed E-state index contributed by atoms with van der Waals surface area (Å²) in [6.07, 6.45) is 5.67. The number of nitrogens with zero attached hydrogens (tertiary/aromatic N) is 3. The van der Waals surface area contributed by atoms with Crippen molar-refractivity contribution in [3.05, 3.63) is 101 Å². The molecule has 0 spiro atoms. The minimum absolute atomic E-state index is 0.0397. The van der Waals surface area contributed by atoms with Gasteiger partial charge in [0.05, 0.1) is 36.0 Å². The normalized spacial score (nSPS) is 18.8. The molecule has 0 saturated carbocycles. The number of carbonyl (C=O) groups is 1. The fraction of sp³-hybridized carbons (Fsp3) is 0.303. The van der Waals surface area contributed by atoms with Crippen LogP contribution in [0, 0.1) is 6.92 Å². The van der Waals surface area contributed by atoms with E-state index < -0.39 is 0 Å². The number of likely N-dealkylation sites (tertiary alicyclic amines) is 1. The number of anilines is 2. The molecule has 8 nitrogen and oxygen atoms in total. The molecule has 9 heteroatoms. The Hall–Kier alpha value is -3.82. The Morgan fingerprint density at radius 3 is 2.67 bits per heavy atom. The molecule has 1 N–H and O–H groups in total. The van der Waals surface area contributed by atoms with Crippen molar-refractivity contribution >= 4 is 39.8 Å². The Labute approximate surface area is 250 Å². The molecule has 0 amide bonds. The lowest BCUT2D eigenvalue weighted by Crippen LogP contribution is -2.36. The van der Waals surface area contributed by atoms with Crippen LogP contribution in [0.15, 0.2) is 79.1 Å². The van der Waals surface area contributed by atoms with E-state index in [0.717, 1.165) is 40.8 Å². The molecule has 2 unspecified atom stereocenters. The summed E-state index contributed by atoms with van der Waals surface area (Å²) in [5.74, 6) is 1.28. The van der Waals surface area contributed by atoms with Crippen LogP contribution >= 0.6 is 11.6 Å². The number of fused-ring (bicyclic) bond motifs is 2. The van der Waals surface area contributed by atoms with Crippen molar-refractivity contribution in [3.8, 4) is 5.75 Å². The summed E-state index contributed by atoms with van der Waals surface area (Å²) in [6.45, 7) is 6.16. The number of halogens is 1. The minimum atomic E-state index is 0.0397. The first-order chi connectivity index (χ1) is 20.5. The maximum absolute atomic E-state index is 12.8. The largest absolute Gasteiger partial charge is 0.487 e. The third-order valence-electron chi connectivity index (χ3n) is 7.46. The molecule has 1 aromatic heterocycles.